The van der Waals surface area contributed by atoms with E-state index in [0.717, 1.165) is 29.7 Å². The van der Waals surface area contributed by atoms with Crippen LogP contribution in [0.2, 0.25) is 5.02 Å². The number of rotatable bonds is 6. The van der Waals surface area contributed by atoms with E-state index in [1.54, 1.807) is 26.1 Å². The third-order valence-electron chi connectivity index (χ3n) is 5.34. The molecule has 3 atom stereocenters. The quantitative estimate of drug-likeness (QED) is 0.734. The minimum atomic E-state index is -4.34. The van der Waals surface area contributed by atoms with Crippen molar-refractivity contribution < 1.29 is 18.0 Å². The van der Waals surface area contributed by atoms with Crippen LogP contribution in [0.3, 0.4) is 0 Å². The van der Waals surface area contributed by atoms with E-state index in [2.05, 4.69) is 10.6 Å². The highest BCUT2D eigenvalue weighted by atomic mass is 35.5. The number of amides is 1. The Hall–Kier alpha value is -2.05. The molecular weight excluding hydrogens is 389 g/mol. The van der Waals surface area contributed by atoms with Gasteiger partial charge in [0.1, 0.15) is 0 Å². The molecule has 0 aliphatic heterocycles. The van der Waals surface area contributed by atoms with E-state index in [0.29, 0.717) is 11.4 Å². The monoisotopic (exact) mass is 410 g/mol. The molecule has 0 heterocycles. The van der Waals surface area contributed by atoms with Gasteiger partial charge in [-0.1, -0.05) is 35.9 Å². The summed E-state index contributed by atoms with van der Waals surface area (Å²) in [6.45, 7) is 1.80. The van der Waals surface area contributed by atoms with Crippen LogP contribution in [0, 0.1) is 5.92 Å². The summed E-state index contributed by atoms with van der Waals surface area (Å²) in [7, 11) is 1.59. The number of hydrogen-bond donors (Lipinski definition) is 2. The summed E-state index contributed by atoms with van der Waals surface area (Å²) < 4.78 is 38.3. The Balaban J connectivity index is 1.80. The Kier molecular flexibility index (Phi) is 5.73. The molecule has 1 saturated carbocycles. The maximum atomic E-state index is 12.8. The number of carbonyl (C=O) groups is 1. The molecule has 0 bridgehead atoms. The summed E-state index contributed by atoms with van der Waals surface area (Å²) in [6, 6.07) is 12.3. The summed E-state index contributed by atoms with van der Waals surface area (Å²) in [6.07, 6.45) is -2.93. The van der Waals surface area contributed by atoms with Crippen LogP contribution in [0.1, 0.15) is 30.0 Å². The molecule has 7 heteroatoms. The van der Waals surface area contributed by atoms with Crippen molar-refractivity contribution in [2.45, 2.75) is 37.5 Å². The van der Waals surface area contributed by atoms with E-state index in [9.17, 15) is 18.0 Å². The molecule has 0 saturated heterocycles. The molecule has 150 valence electrons. The van der Waals surface area contributed by atoms with Gasteiger partial charge in [-0.2, -0.15) is 13.2 Å². The first-order valence-corrected chi connectivity index (χ1v) is 9.45. The van der Waals surface area contributed by atoms with Crippen molar-refractivity contribution in [2.75, 3.05) is 7.05 Å². The second-order valence-corrected chi connectivity index (χ2v) is 7.69. The minimum Gasteiger partial charge on any atom is -0.358 e. The highest BCUT2D eigenvalue weighted by Gasteiger charge is 2.55. The number of alkyl halides is 3. The lowest BCUT2D eigenvalue weighted by Crippen LogP contribution is -2.46. The predicted octanol–water partition coefficient (Wildman–Crippen LogP) is 4.54. The fraction of sp³-hybridized carbons (Fsp3) is 0.381. The van der Waals surface area contributed by atoms with Crippen LogP contribution in [0.15, 0.2) is 48.5 Å². The van der Waals surface area contributed by atoms with Gasteiger partial charge in [-0.15, -0.1) is 0 Å². The molecule has 1 aliphatic rings. The van der Waals surface area contributed by atoms with Crippen molar-refractivity contribution in [1.29, 1.82) is 0 Å². The number of benzene rings is 2. The largest absolute Gasteiger partial charge is 0.416 e. The van der Waals surface area contributed by atoms with Crippen molar-refractivity contribution in [2.24, 2.45) is 5.92 Å². The first kappa shape index (κ1) is 20.7. The number of nitrogens with one attached hydrogen (secondary N) is 2. The molecule has 0 aromatic heterocycles. The molecule has 2 N–H and O–H groups in total. The van der Waals surface area contributed by atoms with Gasteiger partial charge in [-0.3, -0.25) is 10.1 Å². The standard InChI is InChI=1S/C21H22ClF3N2O/c1-13(19(28)26-2)27-20(15-7-9-18(22)10-8-15)12-17(20)11-14-3-5-16(6-4-14)21(23,24)25/h3-10,13,17,27H,11-12H2,1-2H3,(H,26,28)/t13-,17+,20?/m0/s1. The topological polar surface area (TPSA) is 41.1 Å². The van der Waals surface area contributed by atoms with Crippen molar-refractivity contribution in [3.8, 4) is 0 Å². The van der Waals surface area contributed by atoms with Crippen LogP contribution < -0.4 is 10.6 Å². The van der Waals surface area contributed by atoms with Crippen LogP contribution in [-0.4, -0.2) is 19.0 Å². The van der Waals surface area contributed by atoms with Crippen molar-refractivity contribution in [3.05, 3.63) is 70.2 Å². The lowest BCUT2D eigenvalue weighted by atomic mass is 9.97. The van der Waals surface area contributed by atoms with Crippen LogP contribution in [0.5, 0.6) is 0 Å². The van der Waals surface area contributed by atoms with Crippen molar-refractivity contribution in [1.82, 2.24) is 10.6 Å². The highest BCUT2D eigenvalue weighted by molar-refractivity contribution is 6.30. The molecule has 3 rings (SSSR count). The van der Waals surface area contributed by atoms with E-state index in [4.69, 9.17) is 11.6 Å². The van der Waals surface area contributed by atoms with E-state index in [1.807, 2.05) is 12.1 Å². The lowest BCUT2D eigenvalue weighted by Gasteiger charge is -2.24. The predicted molar refractivity (Wildman–Crippen MR) is 103 cm³/mol. The van der Waals surface area contributed by atoms with Crippen LogP contribution in [-0.2, 0) is 22.9 Å². The number of halogens is 4. The Morgan fingerprint density at radius 1 is 1.18 bits per heavy atom. The van der Waals surface area contributed by atoms with E-state index >= 15 is 0 Å². The first-order chi connectivity index (χ1) is 13.2. The number of likely N-dealkylation sites (N-methyl/N-ethyl adjacent to an activating group) is 1. The Bertz CT molecular complexity index is 836. The second-order valence-electron chi connectivity index (χ2n) is 7.26. The molecule has 28 heavy (non-hydrogen) atoms. The summed E-state index contributed by atoms with van der Waals surface area (Å²) in [5.74, 6) is 0.0473. The molecule has 1 amide bonds. The molecule has 3 nitrogen and oxygen atoms in total. The van der Waals surface area contributed by atoms with Crippen molar-refractivity contribution in [3.63, 3.8) is 0 Å². The third kappa shape index (κ3) is 4.33. The fourth-order valence-corrected chi connectivity index (χ4v) is 3.85. The number of hydrogen-bond acceptors (Lipinski definition) is 2. The molecule has 2 aromatic carbocycles. The van der Waals surface area contributed by atoms with E-state index in [-0.39, 0.29) is 11.8 Å². The van der Waals surface area contributed by atoms with Crippen LogP contribution in [0.25, 0.3) is 0 Å². The zero-order valence-corrected chi connectivity index (χ0v) is 16.4. The molecule has 1 aliphatic carbocycles. The highest BCUT2D eigenvalue weighted by Crippen LogP contribution is 2.54. The SMILES string of the molecule is CNC(=O)[C@H](C)NC1(c2ccc(Cl)cc2)C[C@H]1Cc1ccc(C(F)(F)F)cc1. The lowest BCUT2D eigenvalue weighted by molar-refractivity contribution is -0.137. The van der Waals surface area contributed by atoms with Crippen LogP contribution >= 0.6 is 11.6 Å². The van der Waals surface area contributed by atoms with Gasteiger partial charge in [0.2, 0.25) is 5.91 Å². The Morgan fingerprint density at radius 2 is 1.79 bits per heavy atom. The summed E-state index contributed by atoms with van der Waals surface area (Å²) in [5.41, 5.74) is 0.800. The second kappa shape index (κ2) is 7.76. The van der Waals surface area contributed by atoms with Gasteiger partial charge in [0, 0.05) is 17.6 Å². The smallest absolute Gasteiger partial charge is 0.358 e. The summed E-state index contributed by atoms with van der Waals surface area (Å²) in [5, 5.41) is 6.68. The zero-order valence-electron chi connectivity index (χ0n) is 15.6. The van der Waals surface area contributed by atoms with Crippen LogP contribution in [0.4, 0.5) is 13.2 Å². The van der Waals surface area contributed by atoms with Gasteiger partial charge in [-0.05, 0) is 61.1 Å². The van der Waals surface area contributed by atoms with Gasteiger partial charge in [0.15, 0.2) is 0 Å². The van der Waals surface area contributed by atoms with Gasteiger partial charge in [0.25, 0.3) is 0 Å². The fourth-order valence-electron chi connectivity index (χ4n) is 3.72. The maximum Gasteiger partial charge on any atom is 0.416 e. The number of carbonyl (C=O) groups excluding carboxylic acids is 1. The van der Waals surface area contributed by atoms with Crippen molar-refractivity contribution >= 4 is 17.5 Å². The zero-order chi connectivity index (χ0) is 20.5. The van der Waals surface area contributed by atoms with E-state index in [1.165, 1.54) is 12.1 Å². The Morgan fingerprint density at radius 3 is 2.32 bits per heavy atom. The van der Waals surface area contributed by atoms with E-state index < -0.39 is 23.3 Å². The Labute approximate surface area is 167 Å². The molecule has 2 aromatic rings. The summed E-state index contributed by atoms with van der Waals surface area (Å²) in [4.78, 5) is 12.0. The summed E-state index contributed by atoms with van der Waals surface area (Å²) >= 11 is 6.00. The molecular formula is C21H22ClF3N2O. The van der Waals surface area contributed by atoms with Gasteiger partial charge >= 0.3 is 6.18 Å². The molecule has 0 spiro atoms. The average Bonchev–Trinajstić information content (AvgIpc) is 3.34. The normalized spacial score (nSPS) is 22.6. The third-order valence-corrected chi connectivity index (χ3v) is 5.59. The molecule has 0 radical (unpaired) electrons. The average molecular weight is 411 g/mol. The van der Waals surface area contributed by atoms with Gasteiger partial charge < -0.3 is 5.32 Å². The van der Waals surface area contributed by atoms with Gasteiger partial charge in [-0.25, -0.2) is 0 Å². The maximum absolute atomic E-state index is 12.8. The van der Waals surface area contributed by atoms with Gasteiger partial charge in [0.05, 0.1) is 11.6 Å². The molecule has 1 fully saturated rings. The first-order valence-electron chi connectivity index (χ1n) is 9.07. The minimum absolute atomic E-state index is 0.117. The molecule has 1 unspecified atom stereocenters.